The summed E-state index contributed by atoms with van der Waals surface area (Å²) in [5, 5.41) is 6.63. The lowest BCUT2D eigenvalue weighted by atomic mass is 10.1. The molecule has 1 fully saturated rings. The van der Waals surface area contributed by atoms with Crippen LogP contribution >= 0.6 is 0 Å². The molecule has 3 rings (SSSR count). The molecule has 5 nitrogen and oxygen atoms in total. The minimum absolute atomic E-state index is 0.598. The third kappa shape index (κ3) is 3.84. The Morgan fingerprint density at radius 1 is 1.24 bits per heavy atom. The predicted octanol–water partition coefficient (Wildman–Crippen LogP) is 2.71. The van der Waals surface area contributed by atoms with E-state index in [1.165, 1.54) is 18.4 Å². The Morgan fingerprint density at radius 2 is 2.10 bits per heavy atom. The first-order valence-corrected chi connectivity index (χ1v) is 7.30. The Morgan fingerprint density at radius 3 is 2.90 bits per heavy atom. The molecule has 2 aromatic rings. The topological polar surface area (TPSA) is 59.1 Å². The third-order valence-electron chi connectivity index (χ3n) is 3.45. The van der Waals surface area contributed by atoms with Crippen molar-refractivity contribution >= 4 is 11.8 Å². The predicted molar refractivity (Wildman–Crippen MR) is 83.9 cm³/mol. The summed E-state index contributed by atoms with van der Waals surface area (Å²) in [6, 6.07) is 10.6. The van der Waals surface area contributed by atoms with Crippen molar-refractivity contribution in [2.24, 2.45) is 0 Å². The molecule has 1 aromatic carbocycles. The maximum atomic E-state index is 5.35. The van der Waals surface area contributed by atoms with Crippen molar-refractivity contribution in [2.75, 3.05) is 24.3 Å². The zero-order chi connectivity index (χ0) is 14.5. The SMILES string of the molecule is COc1ccccc1CCNc1nccc(NC2CC2)n1. The lowest BCUT2D eigenvalue weighted by Crippen LogP contribution is -2.10. The summed E-state index contributed by atoms with van der Waals surface area (Å²) >= 11 is 0. The van der Waals surface area contributed by atoms with Gasteiger partial charge in [-0.2, -0.15) is 4.98 Å². The van der Waals surface area contributed by atoms with Crippen LogP contribution in [0.5, 0.6) is 5.75 Å². The van der Waals surface area contributed by atoms with Crippen molar-refractivity contribution in [3.8, 4) is 5.75 Å². The van der Waals surface area contributed by atoms with E-state index in [9.17, 15) is 0 Å². The summed E-state index contributed by atoms with van der Waals surface area (Å²) in [5.41, 5.74) is 1.18. The smallest absolute Gasteiger partial charge is 0.224 e. The molecule has 21 heavy (non-hydrogen) atoms. The lowest BCUT2D eigenvalue weighted by Gasteiger charge is -2.10. The number of anilines is 2. The molecule has 0 spiro atoms. The number of nitrogens with zero attached hydrogens (tertiary/aromatic N) is 2. The Kier molecular flexibility index (Phi) is 4.19. The number of aromatic nitrogens is 2. The molecule has 0 amide bonds. The molecule has 0 saturated heterocycles. The molecular formula is C16H20N4O. The highest BCUT2D eigenvalue weighted by molar-refractivity contribution is 5.41. The van der Waals surface area contributed by atoms with Gasteiger partial charge in [0.2, 0.25) is 5.95 Å². The quantitative estimate of drug-likeness (QED) is 0.818. The molecule has 2 N–H and O–H groups in total. The van der Waals surface area contributed by atoms with Crippen molar-refractivity contribution in [3.63, 3.8) is 0 Å². The van der Waals surface area contributed by atoms with E-state index in [1.54, 1.807) is 13.3 Å². The lowest BCUT2D eigenvalue weighted by molar-refractivity contribution is 0.410. The normalized spacial score (nSPS) is 13.8. The van der Waals surface area contributed by atoms with Gasteiger partial charge in [-0.1, -0.05) is 18.2 Å². The fourth-order valence-corrected chi connectivity index (χ4v) is 2.18. The van der Waals surface area contributed by atoms with Crippen LogP contribution in [0.1, 0.15) is 18.4 Å². The molecular weight excluding hydrogens is 264 g/mol. The van der Waals surface area contributed by atoms with Crippen LogP contribution in [0.4, 0.5) is 11.8 Å². The number of benzene rings is 1. The van der Waals surface area contributed by atoms with E-state index in [4.69, 9.17) is 4.74 Å². The third-order valence-corrected chi connectivity index (χ3v) is 3.45. The molecule has 0 atom stereocenters. The van der Waals surface area contributed by atoms with Crippen LogP contribution in [-0.4, -0.2) is 29.7 Å². The molecule has 5 heteroatoms. The van der Waals surface area contributed by atoms with Crippen LogP contribution in [0.15, 0.2) is 36.5 Å². The van der Waals surface area contributed by atoms with Crippen LogP contribution in [0.2, 0.25) is 0 Å². The standard InChI is InChI=1S/C16H20N4O/c1-21-14-5-3-2-4-12(14)8-10-17-16-18-11-9-15(20-16)19-13-6-7-13/h2-5,9,11,13H,6-8,10H2,1H3,(H2,17,18,19,20). The van der Waals surface area contributed by atoms with Gasteiger partial charge >= 0.3 is 0 Å². The fourth-order valence-electron chi connectivity index (χ4n) is 2.18. The van der Waals surface area contributed by atoms with Crippen molar-refractivity contribution in [3.05, 3.63) is 42.1 Å². The van der Waals surface area contributed by atoms with Crippen LogP contribution in [0.25, 0.3) is 0 Å². The summed E-state index contributed by atoms with van der Waals surface area (Å²) in [5.74, 6) is 2.48. The summed E-state index contributed by atoms with van der Waals surface area (Å²) in [6.07, 6.45) is 5.12. The average molecular weight is 284 g/mol. The summed E-state index contributed by atoms with van der Waals surface area (Å²) < 4.78 is 5.35. The fraction of sp³-hybridized carbons (Fsp3) is 0.375. The Labute approximate surface area is 124 Å². The number of methoxy groups -OCH3 is 1. The zero-order valence-corrected chi connectivity index (χ0v) is 12.2. The second-order valence-electron chi connectivity index (χ2n) is 5.17. The highest BCUT2D eigenvalue weighted by Gasteiger charge is 2.21. The van der Waals surface area contributed by atoms with Crippen LogP contribution < -0.4 is 15.4 Å². The van der Waals surface area contributed by atoms with Crippen LogP contribution in [-0.2, 0) is 6.42 Å². The summed E-state index contributed by atoms with van der Waals surface area (Å²) in [6.45, 7) is 0.771. The van der Waals surface area contributed by atoms with E-state index in [0.29, 0.717) is 12.0 Å². The molecule has 0 radical (unpaired) electrons. The minimum Gasteiger partial charge on any atom is -0.496 e. The number of ether oxygens (including phenoxy) is 1. The van der Waals surface area contributed by atoms with Gasteiger partial charge in [-0.25, -0.2) is 4.98 Å². The highest BCUT2D eigenvalue weighted by Crippen LogP contribution is 2.23. The van der Waals surface area contributed by atoms with E-state index in [1.807, 2.05) is 24.3 Å². The Hall–Kier alpha value is -2.30. The van der Waals surface area contributed by atoms with E-state index in [0.717, 1.165) is 24.5 Å². The van der Waals surface area contributed by atoms with E-state index >= 15 is 0 Å². The average Bonchev–Trinajstić information content (AvgIpc) is 3.32. The van der Waals surface area contributed by atoms with Gasteiger partial charge in [-0.05, 0) is 37.0 Å². The molecule has 1 heterocycles. The minimum atomic E-state index is 0.598. The van der Waals surface area contributed by atoms with Gasteiger partial charge in [-0.15, -0.1) is 0 Å². The Balaban J connectivity index is 1.54. The molecule has 0 bridgehead atoms. The highest BCUT2D eigenvalue weighted by atomic mass is 16.5. The van der Waals surface area contributed by atoms with Crippen LogP contribution in [0, 0.1) is 0 Å². The number of rotatable bonds is 7. The van der Waals surface area contributed by atoms with Gasteiger partial charge in [0.25, 0.3) is 0 Å². The van der Waals surface area contributed by atoms with Crippen molar-refractivity contribution in [1.29, 1.82) is 0 Å². The number of hydrogen-bond donors (Lipinski definition) is 2. The number of nitrogens with one attached hydrogen (secondary N) is 2. The second-order valence-corrected chi connectivity index (χ2v) is 5.17. The molecule has 1 aliphatic carbocycles. The number of hydrogen-bond acceptors (Lipinski definition) is 5. The monoisotopic (exact) mass is 284 g/mol. The maximum absolute atomic E-state index is 5.35. The van der Waals surface area contributed by atoms with Crippen molar-refractivity contribution in [1.82, 2.24) is 9.97 Å². The van der Waals surface area contributed by atoms with Gasteiger partial charge in [0, 0.05) is 18.8 Å². The molecule has 0 aliphatic heterocycles. The first-order chi connectivity index (χ1) is 10.3. The first kappa shape index (κ1) is 13.7. The molecule has 1 aliphatic rings. The largest absolute Gasteiger partial charge is 0.496 e. The second kappa shape index (κ2) is 6.43. The van der Waals surface area contributed by atoms with E-state index < -0.39 is 0 Å². The molecule has 110 valence electrons. The van der Waals surface area contributed by atoms with Gasteiger partial charge < -0.3 is 15.4 Å². The zero-order valence-electron chi connectivity index (χ0n) is 12.2. The Bertz CT molecular complexity index is 598. The summed E-state index contributed by atoms with van der Waals surface area (Å²) in [7, 11) is 1.70. The number of para-hydroxylation sites is 1. The van der Waals surface area contributed by atoms with E-state index in [-0.39, 0.29) is 0 Å². The first-order valence-electron chi connectivity index (χ1n) is 7.30. The summed E-state index contributed by atoms with van der Waals surface area (Å²) in [4.78, 5) is 8.71. The van der Waals surface area contributed by atoms with E-state index in [2.05, 4.69) is 26.7 Å². The maximum Gasteiger partial charge on any atom is 0.224 e. The molecule has 1 aromatic heterocycles. The van der Waals surface area contributed by atoms with Gasteiger partial charge in [-0.3, -0.25) is 0 Å². The van der Waals surface area contributed by atoms with Crippen molar-refractivity contribution in [2.45, 2.75) is 25.3 Å². The molecule has 1 saturated carbocycles. The molecule has 0 unspecified atom stereocenters. The van der Waals surface area contributed by atoms with Gasteiger partial charge in [0.1, 0.15) is 11.6 Å². The van der Waals surface area contributed by atoms with Gasteiger partial charge in [0.05, 0.1) is 7.11 Å². The van der Waals surface area contributed by atoms with Gasteiger partial charge in [0.15, 0.2) is 0 Å². The van der Waals surface area contributed by atoms with Crippen LogP contribution in [0.3, 0.4) is 0 Å². The van der Waals surface area contributed by atoms with Crippen molar-refractivity contribution < 1.29 is 4.74 Å².